The van der Waals surface area contributed by atoms with Crippen molar-refractivity contribution in [1.29, 1.82) is 0 Å². The molecule has 0 heterocycles. The molecular weight excluding hydrogens is 302 g/mol. The molecule has 0 aliphatic heterocycles. The third kappa shape index (κ3) is 4.30. The van der Waals surface area contributed by atoms with Crippen molar-refractivity contribution in [1.82, 2.24) is 5.32 Å². The van der Waals surface area contributed by atoms with Crippen LogP contribution in [0.15, 0.2) is 53.0 Å². The monoisotopic (exact) mass is 317 g/mol. The first-order valence-electron chi connectivity index (χ1n) is 6.20. The summed E-state index contributed by atoms with van der Waals surface area (Å²) in [4.78, 5) is 11.9. The minimum absolute atomic E-state index is 0.111. The van der Waals surface area contributed by atoms with Crippen molar-refractivity contribution < 1.29 is 4.79 Å². The summed E-state index contributed by atoms with van der Waals surface area (Å²) in [6.45, 7) is 3.13. The summed E-state index contributed by atoms with van der Waals surface area (Å²) in [5.41, 5.74) is 3.17. The Bertz CT molecular complexity index is 546. The van der Waals surface area contributed by atoms with Gasteiger partial charge >= 0.3 is 0 Å². The van der Waals surface area contributed by atoms with Gasteiger partial charge in [0.1, 0.15) is 0 Å². The normalized spacial score (nSPS) is 10.4. The first-order valence-corrected chi connectivity index (χ1v) is 6.99. The van der Waals surface area contributed by atoms with E-state index in [9.17, 15) is 4.79 Å². The molecule has 0 aliphatic rings. The Kier molecular flexibility index (Phi) is 4.88. The third-order valence-corrected chi connectivity index (χ3v) is 3.43. The highest BCUT2D eigenvalue weighted by atomic mass is 79.9. The minimum atomic E-state index is 0.111. The van der Waals surface area contributed by atoms with Crippen LogP contribution in [-0.4, -0.2) is 12.3 Å². The van der Waals surface area contributed by atoms with Gasteiger partial charge in [-0.1, -0.05) is 57.9 Å². The van der Waals surface area contributed by atoms with Gasteiger partial charge in [-0.25, -0.2) is 0 Å². The number of halogens is 1. The van der Waals surface area contributed by atoms with E-state index in [4.69, 9.17) is 0 Å². The Morgan fingerprint density at radius 2 is 1.68 bits per heavy atom. The standard InChI is InChI=1S/C16H16BrNO/c1-12-2-4-13(5-3-12)10-18-11-16(19)14-6-8-15(17)9-7-14/h2-9,18H,10-11H2,1H3. The van der Waals surface area contributed by atoms with Crippen molar-refractivity contribution >= 4 is 21.7 Å². The van der Waals surface area contributed by atoms with Crippen LogP contribution in [0.25, 0.3) is 0 Å². The van der Waals surface area contributed by atoms with Crippen LogP contribution in [0.1, 0.15) is 21.5 Å². The van der Waals surface area contributed by atoms with E-state index >= 15 is 0 Å². The number of carbonyl (C=O) groups is 1. The molecule has 0 atom stereocenters. The highest BCUT2D eigenvalue weighted by Crippen LogP contribution is 2.10. The molecule has 0 aromatic heterocycles. The largest absolute Gasteiger partial charge is 0.306 e. The molecule has 0 amide bonds. The van der Waals surface area contributed by atoms with Crippen LogP contribution in [0.5, 0.6) is 0 Å². The zero-order valence-corrected chi connectivity index (χ0v) is 12.4. The number of hydrogen-bond donors (Lipinski definition) is 1. The topological polar surface area (TPSA) is 29.1 Å². The van der Waals surface area contributed by atoms with E-state index in [1.807, 2.05) is 24.3 Å². The van der Waals surface area contributed by atoms with E-state index in [0.29, 0.717) is 13.1 Å². The average molecular weight is 318 g/mol. The molecule has 0 bridgehead atoms. The van der Waals surface area contributed by atoms with E-state index in [-0.39, 0.29) is 5.78 Å². The maximum absolute atomic E-state index is 11.9. The van der Waals surface area contributed by atoms with Crippen LogP contribution >= 0.6 is 15.9 Å². The lowest BCUT2D eigenvalue weighted by Crippen LogP contribution is -2.22. The van der Waals surface area contributed by atoms with Gasteiger partial charge in [-0.05, 0) is 24.6 Å². The lowest BCUT2D eigenvalue weighted by Gasteiger charge is -2.05. The van der Waals surface area contributed by atoms with E-state index in [1.54, 1.807) is 0 Å². The zero-order valence-electron chi connectivity index (χ0n) is 10.8. The molecule has 2 aromatic carbocycles. The van der Waals surface area contributed by atoms with Crippen molar-refractivity contribution in [2.75, 3.05) is 6.54 Å². The van der Waals surface area contributed by atoms with Crippen molar-refractivity contribution in [3.8, 4) is 0 Å². The third-order valence-electron chi connectivity index (χ3n) is 2.90. The van der Waals surface area contributed by atoms with Gasteiger partial charge in [0.25, 0.3) is 0 Å². The summed E-state index contributed by atoms with van der Waals surface area (Å²) in [7, 11) is 0. The van der Waals surface area contributed by atoms with Gasteiger partial charge < -0.3 is 5.32 Å². The molecule has 3 heteroatoms. The predicted molar refractivity (Wildman–Crippen MR) is 81.4 cm³/mol. The van der Waals surface area contributed by atoms with Gasteiger partial charge in [0.15, 0.2) is 5.78 Å². The second-order valence-corrected chi connectivity index (χ2v) is 5.43. The van der Waals surface area contributed by atoms with Gasteiger partial charge in [-0.15, -0.1) is 0 Å². The number of Topliss-reactive ketones (excluding diaryl/α,β-unsaturated/α-hetero) is 1. The van der Waals surface area contributed by atoms with Crippen LogP contribution in [-0.2, 0) is 6.54 Å². The van der Waals surface area contributed by atoms with Crippen molar-refractivity contribution in [2.24, 2.45) is 0 Å². The number of rotatable bonds is 5. The molecule has 19 heavy (non-hydrogen) atoms. The van der Waals surface area contributed by atoms with Gasteiger partial charge in [-0.2, -0.15) is 0 Å². The summed E-state index contributed by atoms with van der Waals surface area (Å²) >= 11 is 3.36. The van der Waals surface area contributed by atoms with Crippen LogP contribution in [0.4, 0.5) is 0 Å². The quantitative estimate of drug-likeness (QED) is 0.851. The second kappa shape index (κ2) is 6.64. The van der Waals surface area contributed by atoms with Crippen molar-refractivity contribution in [3.63, 3.8) is 0 Å². The first kappa shape index (κ1) is 14.0. The number of ketones is 1. The molecule has 2 nitrogen and oxygen atoms in total. The SMILES string of the molecule is Cc1ccc(CNCC(=O)c2ccc(Br)cc2)cc1. The Hall–Kier alpha value is -1.45. The number of hydrogen-bond acceptors (Lipinski definition) is 2. The molecule has 0 saturated carbocycles. The molecule has 0 unspecified atom stereocenters. The average Bonchev–Trinajstić information content (AvgIpc) is 2.41. The summed E-state index contributed by atoms with van der Waals surface area (Å²) in [6, 6.07) is 15.7. The van der Waals surface area contributed by atoms with E-state index in [0.717, 1.165) is 10.0 Å². The lowest BCUT2D eigenvalue weighted by molar-refractivity contribution is 0.0991. The highest BCUT2D eigenvalue weighted by Gasteiger charge is 2.04. The van der Waals surface area contributed by atoms with Gasteiger partial charge in [0.05, 0.1) is 6.54 Å². The molecule has 0 fully saturated rings. The molecule has 1 N–H and O–H groups in total. The fraction of sp³-hybridized carbons (Fsp3) is 0.188. The Balaban J connectivity index is 1.84. The fourth-order valence-electron chi connectivity index (χ4n) is 1.76. The van der Waals surface area contributed by atoms with E-state index in [2.05, 4.69) is 52.4 Å². The molecule has 2 rings (SSSR count). The molecule has 0 saturated heterocycles. The Labute approximate surface area is 122 Å². The number of aryl methyl sites for hydroxylation is 1. The smallest absolute Gasteiger partial charge is 0.176 e. The molecule has 0 radical (unpaired) electrons. The zero-order chi connectivity index (χ0) is 13.7. The number of benzene rings is 2. The van der Waals surface area contributed by atoms with Crippen LogP contribution < -0.4 is 5.32 Å². The number of carbonyl (C=O) groups excluding carboxylic acids is 1. The molecule has 2 aromatic rings. The summed E-state index contributed by atoms with van der Waals surface area (Å²) < 4.78 is 0.983. The lowest BCUT2D eigenvalue weighted by atomic mass is 10.1. The molecule has 0 aliphatic carbocycles. The summed E-state index contributed by atoms with van der Waals surface area (Å²) in [5.74, 6) is 0.111. The molecular formula is C16H16BrNO. The van der Waals surface area contributed by atoms with E-state index < -0.39 is 0 Å². The Morgan fingerprint density at radius 1 is 1.05 bits per heavy atom. The summed E-state index contributed by atoms with van der Waals surface area (Å²) in [6.07, 6.45) is 0. The maximum Gasteiger partial charge on any atom is 0.176 e. The first-order chi connectivity index (χ1) is 9.15. The van der Waals surface area contributed by atoms with Gasteiger partial charge in [-0.3, -0.25) is 4.79 Å². The highest BCUT2D eigenvalue weighted by molar-refractivity contribution is 9.10. The van der Waals surface area contributed by atoms with Gasteiger partial charge in [0, 0.05) is 16.6 Å². The second-order valence-electron chi connectivity index (χ2n) is 4.52. The molecule has 0 spiro atoms. The minimum Gasteiger partial charge on any atom is -0.306 e. The van der Waals surface area contributed by atoms with Crippen LogP contribution in [0.2, 0.25) is 0 Å². The van der Waals surface area contributed by atoms with E-state index in [1.165, 1.54) is 11.1 Å². The van der Waals surface area contributed by atoms with Crippen LogP contribution in [0, 0.1) is 6.92 Å². The Morgan fingerprint density at radius 3 is 2.32 bits per heavy atom. The van der Waals surface area contributed by atoms with Gasteiger partial charge in [0.2, 0.25) is 0 Å². The number of nitrogens with one attached hydrogen (secondary N) is 1. The predicted octanol–water partition coefficient (Wildman–Crippen LogP) is 3.73. The fourth-order valence-corrected chi connectivity index (χ4v) is 2.03. The van der Waals surface area contributed by atoms with Crippen molar-refractivity contribution in [3.05, 3.63) is 69.7 Å². The van der Waals surface area contributed by atoms with Crippen molar-refractivity contribution in [2.45, 2.75) is 13.5 Å². The summed E-state index contributed by atoms with van der Waals surface area (Å²) in [5, 5.41) is 3.17. The maximum atomic E-state index is 11.9. The van der Waals surface area contributed by atoms with Crippen LogP contribution in [0.3, 0.4) is 0 Å². The molecule has 98 valence electrons.